The van der Waals surface area contributed by atoms with E-state index in [2.05, 4.69) is 0 Å². The monoisotopic (exact) mass is 218 g/mol. The molecule has 0 aliphatic heterocycles. The zero-order valence-electron chi connectivity index (χ0n) is 9.90. The lowest BCUT2D eigenvalue weighted by molar-refractivity contribution is -0.132. The van der Waals surface area contributed by atoms with Crippen molar-refractivity contribution in [2.24, 2.45) is 0 Å². The molecule has 0 atom stereocenters. The van der Waals surface area contributed by atoms with E-state index in [1.165, 1.54) is 0 Å². The average molecular weight is 218 g/mol. The molecule has 0 bridgehead atoms. The van der Waals surface area contributed by atoms with Gasteiger partial charge < -0.3 is 19.6 Å². The number of amides is 1. The number of hydrogen-bond donors (Lipinski definition) is 1. The van der Waals surface area contributed by atoms with Crippen molar-refractivity contribution in [2.75, 3.05) is 54.1 Å². The fraction of sp³-hybridized carbons (Fsp3) is 0.900. The van der Waals surface area contributed by atoms with Crippen LogP contribution in [0.4, 0.5) is 0 Å². The highest BCUT2D eigenvalue weighted by Gasteiger charge is 2.12. The highest BCUT2D eigenvalue weighted by Crippen LogP contribution is 1.95. The van der Waals surface area contributed by atoms with Crippen LogP contribution in [0.2, 0.25) is 0 Å². The van der Waals surface area contributed by atoms with Gasteiger partial charge in [-0.3, -0.25) is 4.79 Å². The summed E-state index contributed by atoms with van der Waals surface area (Å²) in [7, 11) is 5.46. The highest BCUT2D eigenvalue weighted by molar-refractivity contribution is 5.76. The highest BCUT2D eigenvalue weighted by atomic mass is 16.5. The van der Waals surface area contributed by atoms with E-state index in [1.807, 2.05) is 19.0 Å². The molecule has 0 aromatic rings. The second-order valence-electron chi connectivity index (χ2n) is 3.65. The van der Waals surface area contributed by atoms with E-state index in [0.717, 1.165) is 6.54 Å². The quantitative estimate of drug-likeness (QED) is 0.591. The van der Waals surface area contributed by atoms with Gasteiger partial charge in [0, 0.05) is 33.2 Å². The molecule has 0 aromatic carbocycles. The van der Waals surface area contributed by atoms with Crippen molar-refractivity contribution in [3.63, 3.8) is 0 Å². The molecule has 0 aliphatic rings. The summed E-state index contributed by atoms with van der Waals surface area (Å²) in [6.07, 6.45) is 0.483. The minimum atomic E-state index is -0.00256. The maximum atomic E-state index is 11.7. The number of rotatable bonds is 8. The average Bonchev–Trinajstić information content (AvgIpc) is 2.20. The van der Waals surface area contributed by atoms with E-state index >= 15 is 0 Å². The summed E-state index contributed by atoms with van der Waals surface area (Å²) in [6, 6.07) is 0. The molecule has 1 amide bonds. The molecule has 90 valence electrons. The Labute approximate surface area is 91.6 Å². The summed E-state index contributed by atoms with van der Waals surface area (Å²) < 4.78 is 4.91. The normalized spacial score (nSPS) is 10.7. The van der Waals surface area contributed by atoms with Gasteiger partial charge in [-0.05, 0) is 14.1 Å². The number of carbonyl (C=O) groups excluding carboxylic acids is 1. The van der Waals surface area contributed by atoms with E-state index in [9.17, 15) is 4.79 Å². The van der Waals surface area contributed by atoms with Gasteiger partial charge in [0.15, 0.2) is 0 Å². The summed E-state index contributed by atoms with van der Waals surface area (Å²) in [5.41, 5.74) is 0. The van der Waals surface area contributed by atoms with Gasteiger partial charge in [0.1, 0.15) is 0 Å². The molecule has 0 rings (SSSR count). The Balaban J connectivity index is 3.92. The first-order valence-corrected chi connectivity index (χ1v) is 5.14. The molecule has 0 aromatic heterocycles. The first-order chi connectivity index (χ1) is 7.11. The molecule has 0 aliphatic carbocycles. The number of aliphatic hydroxyl groups is 1. The van der Waals surface area contributed by atoms with Crippen LogP contribution in [0.5, 0.6) is 0 Å². The Bertz CT molecular complexity index is 174. The third-order valence-corrected chi connectivity index (χ3v) is 2.06. The van der Waals surface area contributed by atoms with Crippen molar-refractivity contribution >= 4 is 5.91 Å². The second kappa shape index (κ2) is 8.64. The topological polar surface area (TPSA) is 53.0 Å². The van der Waals surface area contributed by atoms with Gasteiger partial charge in [-0.25, -0.2) is 0 Å². The zero-order valence-corrected chi connectivity index (χ0v) is 9.90. The number of methoxy groups -OCH3 is 1. The molecular formula is C10H22N2O3. The van der Waals surface area contributed by atoms with Crippen LogP contribution >= 0.6 is 0 Å². The summed E-state index contributed by atoms with van der Waals surface area (Å²) >= 11 is 0. The van der Waals surface area contributed by atoms with Gasteiger partial charge in [0.05, 0.1) is 13.2 Å². The molecule has 0 spiro atoms. The lowest BCUT2D eigenvalue weighted by Crippen LogP contribution is -2.37. The van der Waals surface area contributed by atoms with Gasteiger partial charge in [0.25, 0.3) is 0 Å². The molecular weight excluding hydrogens is 196 g/mol. The van der Waals surface area contributed by atoms with Crippen LogP contribution < -0.4 is 0 Å². The van der Waals surface area contributed by atoms with Crippen LogP contribution in [0.3, 0.4) is 0 Å². The van der Waals surface area contributed by atoms with E-state index in [4.69, 9.17) is 9.84 Å². The van der Waals surface area contributed by atoms with Crippen molar-refractivity contribution in [3.05, 3.63) is 0 Å². The third kappa shape index (κ3) is 7.30. The lowest BCUT2D eigenvalue weighted by Gasteiger charge is -2.22. The Morgan fingerprint density at radius 1 is 1.27 bits per heavy atom. The van der Waals surface area contributed by atoms with E-state index in [-0.39, 0.29) is 12.5 Å². The Morgan fingerprint density at radius 2 is 1.93 bits per heavy atom. The van der Waals surface area contributed by atoms with Crippen molar-refractivity contribution in [3.8, 4) is 0 Å². The van der Waals surface area contributed by atoms with Crippen molar-refractivity contribution in [2.45, 2.75) is 6.42 Å². The van der Waals surface area contributed by atoms with Crippen molar-refractivity contribution < 1.29 is 14.6 Å². The molecule has 0 radical (unpaired) electrons. The number of hydrogen-bond acceptors (Lipinski definition) is 4. The van der Waals surface area contributed by atoms with Crippen LogP contribution in [0, 0.1) is 0 Å². The molecule has 15 heavy (non-hydrogen) atoms. The summed E-state index contributed by atoms with van der Waals surface area (Å²) in [4.78, 5) is 15.3. The second-order valence-corrected chi connectivity index (χ2v) is 3.65. The van der Waals surface area contributed by atoms with Gasteiger partial charge in [-0.15, -0.1) is 0 Å². The third-order valence-electron chi connectivity index (χ3n) is 2.06. The van der Waals surface area contributed by atoms with Gasteiger partial charge in [0.2, 0.25) is 5.91 Å². The van der Waals surface area contributed by atoms with Crippen molar-refractivity contribution in [1.29, 1.82) is 0 Å². The van der Waals surface area contributed by atoms with Crippen molar-refractivity contribution in [1.82, 2.24) is 9.80 Å². The molecule has 1 N–H and O–H groups in total. The minimum Gasteiger partial charge on any atom is -0.395 e. The fourth-order valence-corrected chi connectivity index (χ4v) is 1.16. The maximum absolute atomic E-state index is 11.7. The number of aliphatic hydroxyl groups excluding tert-OH is 1. The van der Waals surface area contributed by atoms with E-state index in [0.29, 0.717) is 26.1 Å². The van der Waals surface area contributed by atoms with Gasteiger partial charge in [-0.1, -0.05) is 0 Å². The predicted molar refractivity (Wildman–Crippen MR) is 58.7 cm³/mol. The molecule has 0 saturated carbocycles. The largest absolute Gasteiger partial charge is 0.395 e. The number of nitrogens with zero attached hydrogens (tertiary/aromatic N) is 2. The van der Waals surface area contributed by atoms with E-state index < -0.39 is 0 Å². The molecule has 5 heteroatoms. The molecule has 0 unspecified atom stereocenters. The van der Waals surface area contributed by atoms with Gasteiger partial charge >= 0.3 is 0 Å². The SMILES string of the molecule is COCCN(CCO)C(=O)CCN(C)C. The maximum Gasteiger partial charge on any atom is 0.224 e. The first kappa shape index (κ1) is 14.3. The zero-order chi connectivity index (χ0) is 11.7. The van der Waals surface area contributed by atoms with Crippen LogP contribution in [0.15, 0.2) is 0 Å². The van der Waals surface area contributed by atoms with E-state index in [1.54, 1.807) is 12.0 Å². The standard InChI is InChI=1S/C10H22N2O3/c1-11(2)5-4-10(14)12(6-8-13)7-9-15-3/h13H,4-9H2,1-3H3. The van der Waals surface area contributed by atoms with Crippen LogP contribution in [0.1, 0.15) is 6.42 Å². The minimum absolute atomic E-state index is 0.00256. The summed E-state index contributed by atoms with van der Waals surface area (Å²) in [6.45, 7) is 2.16. The number of ether oxygens (including phenoxy) is 1. The lowest BCUT2D eigenvalue weighted by atomic mass is 10.3. The van der Waals surface area contributed by atoms with Crippen LogP contribution in [0.25, 0.3) is 0 Å². The van der Waals surface area contributed by atoms with Crippen LogP contribution in [-0.4, -0.2) is 74.9 Å². The van der Waals surface area contributed by atoms with Crippen LogP contribution in [-0.2, 0) is 9.53 Å². The fourth-order valence-electron chi connectivity index (χ4n) is 1.16. The smallest absolute Gasteiger partial charge is 0.224 e. The Morgan fingerprint density at radius 3 is 2.40 bits per heavy atom. The molecule has 5 nitrogen and oxygen atoms in total. The number of carbonyl (C=O) groups is 1. The Hall–Kier alpha value is -0.650. The summed E-state index contributed by atoms with van der Waals surface area (Å²) in [5, 5.41) is 8.82. The molecule has 0 fully saturated rings. The molecule has 0 heterocycles. The predicted octanol–water partition coefficient (Wildman–Crippen LogP) is -0.595. The Kier molecular flexibility index (Phi) is 8.27. The van der Waals surface area contributed by atoms with Gasteiger partial charge in [-0.2, -0.15) is 0 Å². The molecule has 0 saturated heterocycles. The first-order valence-electron chi connectivity index (χ1n) is 5.14. The summed E-state index contributed by atoms with van der Waals surface area (Å²) in [5.74, 6) is 0.0646.